The Bertz CT molecular complexity index is 423. The smallest absolute Gasteiger partial charge is 0.266 e. The Morgan fingerprint density at radius 2 is 2.19 bits per heavy atom. The van der Waals surface area contributed by atoms with E-state index in [1.54, 1.807) is 0 Å². The molecule has 0 amide bonds. The molecule has 8 heteroatoms. The summed E-state index contributed by atoms with van der Waals surface area (Å²) in [6.07, 6.45) is -1.96. The predicted molar refractivity (Wildman–Crippen MR) is 53.5 cm³/mol. The lowest BCUT2D eigenvalue weighted by Gasteiger charge is -2.11. The van der Waals surface area contributed by atoms with Gasteiger partial charge in [-0.2, -0.15) is 17.7 Å². The second-order valence-electron chi connectivity index (χ2n) is 3.02. The van der Waals surface area contributed by atoms with Gasteiger partial charge in [0.25, 0.3) is 0 Å². The highest BCUT2D eigenvalue weighted by atomic mass is 32.2. The number of hydrogen-bond acceptors (Lipinski definition) is 4. The van der Waals surface area contributed by atoms with Crippen molar-refractivity contribution in [2.75, 3.05) is 10.8 Å². The summed E-state index contributed by atoms with van der Waals surface area (Å²) in [7, 11) is 0. The van der Waals surface area contributed by atoms with Crippen LogP contribution in [0.5, 0.6) is 0 Å². The van der Waals surface area contributed by atoms with E-state index in [-0.39, 0.29) is 11.8 Å². The van der Waals surface area contributed by atoms with Crippen molar-refractivity contribution in [1.82, 2.24) is 9.97 Å². The molecule has 1 atom stereocenters. The molecule has 1 N–H and O–H groups in total. The van der Waals surface area contributed by atoms with Crippen molar-refractivity contribution in [3.8, 4) is 0 Å². The Morgan fingerprint density at radius 3 is 2.75 bits per heavy atom. The maximum atomic E-state index is 12.4. The van der Waals surface area contributed by atoms with Crippen LogP contribution in [-0.2, 0) is 17.4 Å². The Labute approximate surface area is 92.0 Å². The van der Waals surface area contributed by atoms with Crippen LogP contribution in [0.2, 0.25) is 0 Å². The molecule has 1 aromatic heterocycles. The SMILES string of the molecule is O[S+]1C=CN(c2nccc(C(F)(F)F)n2)C1. The molecule has 0 bridgehead atoms. The van der Waals surface area contributed by atoms with Crippen molar-refractivity contribution in [2.24, 2.45) is 0 Å². The standard InChI is InChI=1S/C8H7F3N3OS/c9-8(10,11)6-1-2-12-7(13-6)14-3-4-16(15)5-14/h1-4,15H,5H2/q+1. The fourth-order valence-electron chi connectivity index (χ4n) is 1.14. The summed E-state index contributed by atoms with van der Waals surface area (Å²) in [5.41, 5.74) is -0.990. The van der Waals surface area contributed by atoms with Crippen LogP contribution >= 0.6 is 0 Å². The largest absolute Gasteiger partial charge is 0.433 e. The van der Waals surface area contributed by atoms with Gasteiger partial charge in [-0.25, -0.2) is 9.97 Å². The molecule has 0 fully saturated rings. The molecule has 0 radical (unpaired) electrons. The third kappa shape index (κ3) is 2.27. The average molecular weight is 250 g/mol. The van der Waals surface area contributed by atoms with Gasteiger partial charge >= 0.3 is 6.18 Å². The van der Waals surface area contributed by atoms with Crippen LogP contribution in [0, 0.1) is 0 Å². The van der Waals surface area contributed by atoms with E-state index in [0.717, 1.165) is 12.3 Å². The molecule has 0 saturated heterocycles. The maximum absolute atomic E-state index is 12.4. The first kappa shape index (κ1) is 11.2. The van der Waals surface area contributed by atoms with Crippen molar-refractivity contribution >= 4 is 17.1 Å². The zero-order valence-electron chi connectivity index (χ0n) is 7.85. The van der Waals surface area contributed by atoms with Crippen molar-refractivity contribution in [1.29, 1.82) is 0 Å². The molecule has 0 aliphatic carbocycles. The Kier molecular flexibility index (Phi) is 2.76. The van der Waals surface area contributed by atoms with Crippen molar-refractivity contribution < 1.29 is 17.7 Å². The molecule has 86 valence electrons. The molecular weight excluding hydrogens is 243 g/mol. The predicted octanol–water partition coefficient (Wildman–Crippen LogP) is 1.84. The second kappa shape index (κ2) is 3.95. The molecule has 0 saturated carbocycles. The molecule has 0 aromatic carbocycles. The molecular formula is C8H7F3N3OS+. The molecule has 0 spiro atoms. The zero-order chi connectivity index (χ0) is 11.8. The average Bonchev–Trinajstić information content (AvgIpc) is 2.64. The van der Waals surface area contributed by atoms with Gasteiger partial charge in [-0.05, 0) is 6.07 Å². The number of aromatic nitrogens is 2. The quantitative estimate of drug-likeness (QED) is 0.772. The number of nitrogens with zero attached hydrogens (tertiary/aromatic N) is 3. The third-order valence-corrected chi connectivity index (χ3v) is 2.84. The van der Waals surface area contributed by atoms with Gasteiger partial charge in [0.2, 0.25) is 11.8 Å². The lowest BCUT2D eigenvalue weighted by molar-refractivity contribution is -0.141. The molecule has 1 unspecified atom stereocenters. The van der Waals surface area contributed by atoms with Gasteiger partial charge in [0, 0.05) is 6.20 Å². The Morgan fingerprint density at radius 1 is 1.44 bits per heavy atom. The number of halogens is 3. The first-order valence-electron chi connectivity index (χ1n) is 4.21. The molecule has 2 rings (SSSR count). The van der Waals surface area contributed by atoms with E-state index >= 15 is 0 Å². The van der Waals surface area contributed by atoms with Gasteiger partial charge in [0.05, 0.1) is 6.20 Å². The van der Waals surface area contributed by atoms with Gasteiger partial charge in [0.15, 0.2) is 16.6 Å². The second-order valence-corrected chi connectivity index (χ2v) is 4.36. The van der Waals surface area contributed by atoms with Crippen LogP contribution in [0.3, 0.4) is 0 Å². The minimum Gasteiger partial charge on any atom is -0.266 e. The molecule has 1 aliphatic heterocycles. The van der Waals surface area contributed by atoms with E-state index in [0.29, 0.717) is 0 Å². The van der Waals surface area contributed by atoms with Crippen LogP contribution in [-0.4, -0.2) is 20.4 Å². The number of hydrogen-bond donors (Lipinski definition) is 1. The number of anilines is 1. The molecule has 16 heavy (non-hydrogen) atoms. The van der Waals surface area contributed by atoms with E-state index < -0.39 is 23.0 Å². The fraction of sp³-hybridized carbons (Fsp3) is 0.250. The topological polar surface area (TPSA) is 49.2 Å². The lowest BCUT2D eigenvalue weighted by atomic mass is 10.4. The summed E-state index contributed by atoms with van der Waals surface area (Å²) in [4.78, 5) is 8.49. The highest BCUT2D eigenvalue weighted by Gasteiger charge is 2.34. The molecule has 1 aliphatic rings. The minimum atomic E-state index is -4.48. The highest BCUT2D eigenvalue weighted by molar-refractivity contribution is 7.94. The van der Waals surface area contributed by atoms with Gasteiger partial charge in [-0.15, -0.1) is 0 Å². The van der Waals surface area contributed by atoms with Gasteiger partial charge in [-0.3, -0.25) is 4.90 Å². The van der Waals surface area contributed by atoms with Crippen LogP contribution in [0.4, 0.5) is 19.1 Å². The van der Waals surface area contributed by atoms with E-state index in [1.165, 1.54) is 16.5 Å². The molecule has 2 heterocycles. The normalized spacial score (nSPS) is 20.5. The van der Waals surface area contributed by atoms with Gasteiger partial charge in [-0.1, -0.05) is 0 Å². The first-order valence-corrected chi connectivity index (χ1v) is 5.62. The van der Waals surface area contributed by atoms with E-state index in [9.17, 15) is 17.7 Å². The van der Waals surface area contributed by atoms with Gasteiger partial charge in [0.1, 0.15) is 5.69 Å². The van der Waals surface area contributed by atoms with E-state index in [1.807, 2.05) is 0 Å². The number of alkyl halides is 3. The van der Waals surface area contributed by atoms with Crippen LogP contribution in [0.25, 0.3) is 0 Å². The monoisotopic (exact) mass is 250 g/mol. The minimum absolute atomic E-state index is 0.0601. The van der Waals surface area contributed by atoms with Crippen molar-refractivity contribution in [3.05, 3.63) is 29.6 Å². The third-order valence-electron chi connectivity index (χ3n) is 1.86. The first-order chi connectivity index (χ1) is 7.47. The van der Waals surface area contributed by atoms with Crippen LogP contribution < -0.4 is 4.90 Å². The van der Waals surface area contributed by atoms with E-state index in [2.05, 4.69) is 9.97 Å². The Balaban J connectivity index is 2.27. The lowest BCUT2D eigenvalue weighted by Crippen LogP contribution is -2.21. The van der Waals surface area contributed by atoms with Crippen molar-refractivity contribution in [3.63, 3.8) is 0 Å². The van der Waals surface area contributed by atoms with Crippen molar-refractivity contribution in [2.45, 2.75) is 6.18 Å². The van der Waals surface area contributed by atoms with Crippen LogP contribution in [0.1, 0.15) is 5.69 Å². The summed E-state index contributed by atoms with van der Waals surface area (Å²) in [5.74, 6) is 0.136. The maximum Gasteiger partial charge on any atom is 0.433 e. The zero-order valence-corrected chi connectivity index (χ0v) is 8.66. The summed E-state index contributed by atoms with van der Waals surface area (Å²) in [5, 5.41) is 1.49. The summed E-state index contributed by atoms with van der Waals surface area (Å²) in [6, 6.07) is 0.808. The summed E-state index contributed by atoms with van der Waals surface area (Å²) in [6.45, 7) is 0. The number of rotatable bonds is 1. The highest BCUT2D eigenvalue weighted by Crippen LogP contribution is 2.28. The molecule has 4 nitrogen and oxygen atoms in total. The fourth-order valence-corrected chi connectivity index (χ4v) is 2.00. The Hall–Kier alpha value is -1.28. The summed E-state index contributed by atoms with van der Waals surface area (Å²) >= 11 is -0.947. The summed E-state index contributed by atoms with van der Waals surface area (Å²) < 4.78 is 46.3. The van der Waals surface area contributed by atoms with Gasteiger partial charge < -0.3 is 0 Å². The molecule has 1 aromatic rings. The van der Waals surface area contributed by atoms with E-state index in [4.69, 9.17) is 0 Å². The van der Waals surface area contributed by atoms with Crippen LogP contribution in [0.15, 0.2) is 23.9 Å².